The zero-order chi connectivity index (χ0) is 18.9. The van der Waals surface area contributed by atoms with Gasteiger partial charge in [0.05, 0.1) is 4.90 Å². The van der Waals surface area contributed by atoms with Crippen molar-refractivity contribution in [2.24, 2.45) is 0 Å². The summed E-state index contributed by atoms with van der Waals surface area (Å²) in [4.78, 5) is 12.2. The van der Waals surface area contributed by atoms with E-state index < -0.39 is 26.2 Å². The van der Waals surface area contributed by atoms with Crippen LogP contribution in [0.15, 0.2) is 47.4 Å². The van der Waals surface area contributed by atoms with Crippen molar-refractivity contribution in [3.05, 3.63) is 64.7 Å². The second-order valence-corrected chi connectivity index (χ2v) is 9.19. The van der Waals surface area contributed by atoms with Gasteiger partial charge in [-0.05, 0) is 55.3 Å². The van der Waals surface area contributed by atoms with Crippen LogP contribution in [-0.4, -0.2) is 14.2 Å². The number of sulfone groups is 1. The third kappa shape index (κ3) is 3.28. The molecular weight excluding hydrogens is 382 g/mol. The van der Waals surface area contributed by atoms with Crippen LogP contribution in [0.25, 0.3) is 0 Å². The van der Waals surface area contributed by atoms with Gasteiger partial charge in [-0.15, -0.1) is 0 Å². The van der Waals surface area contributed by atoms with E-state index in [-0.39, 0.29) is 35.5 Å². The van der Waals surface area contributed by atoms with E-state index in [2.05, 4.69) is 0 Å². The van der Waals surface area contributed by atoms with Gasteiger partial charge >= 0.3 is 0 Å². The topological polar surface area (TPSA) is 51.2 Å². The molecule has 26 heavy (non-hydrogen) atoms. The van der Waals surface area contributed by atoms with Crippen LogP contribution in [-0.2, 0) is 19.4 Å². The maximum atomic E-state index is 14.6. The first-order chi connectivity index (χ1) is 12.3. The van der Waals surface area contributed by atoms with Gasteiger partial charge in [0, 0.05) is 23.4 Å². The molecule has 0 unspecified atom stereocenters. The summed E-state index contributed by atoms with van der Waals surface area (Å²) in [5.74, 6) is -1.86. The average Bonchev–Trinajstić information content (AvgIpc) is 2.80. The second kappa shape index (κ2) is 7.08. The number of ketones is 1. The van der Waals surface area contributed by atoms with Gasteiger partial charge in [0.2, 0.25) is 0 Å². The van der Waals surface area contributed by atoms with Crippen molar-refractivity contribution >= 4 is 27.2 Å². The van der Waals surface area contributed by atoms with Gasteiger partial charge in [0.1, 0.15) is 22.2 Å². The summed E-state index contributed by atoms with van der Waals surface area (Å²) in [6.45, 7) is 0. The summed E-state index contributed by atoms with van der Waals surface area (Å²) in [5, 5.41) is 0.354. The number of carbonyl (C=O) groups excluding carboxylic acids is 1. The van der Waals surface area contributed by atoms with Crippen LogP contribution in [0.5, 0.6) is 0 Å². The van der Waals surface area contributed by atoms with E-state index in [1.807, 2.05) is 0 Å². The van der Waals surface area contributed by atoms with Gasteiger partial charge in [-0.3, -0.25) is 4.79 Å². The van der Waals surface area contributed by atoms with Gasteiger partial charge in [-0.2, -0.15) is 0 Å². The molecule has 1 aliphatic rings. The number of hydrogen-bond donors (Lipinski definition) is 0. The van der Waals surface area contributed by atoms with Gasteiger partial charge in [-0.1, -0.05) is 18.0 Å². The highest BCUT2D eigenvalue weighted by Crippen LogP contribution is 2.46. The zero-order valence-electron chi connectivity index (χ0n) is 13.8. The Bertz CT molecular complexity index is 942. The van der Waals surface area contributed by atoms with Crippen molar-refractivity contribution in [1.82, 2.24) is 0 Å². The summed E-state index contributed by atoms with van der Waals surface area (Å²) >= 11 is 5.84. The van der Waals surface area contributed by atoms with E-state index in [4.69, 9.17) is 11.6 Å². The van der Waals surface area contributed by atoms with Crippen LogP contribution in [0, 0.1) is 11.6 Å². The molecule has 0 N–H and O–H groups in total. The maximum absolute atomic E-state index is 14.6. The van der Waals surface area contributed by atoms with Crippen molar-refractivity contribution in [3.63, 3.8) is 0 Å². The predicted octanol–water partition coefficient (Wildman–Crippen LogP) is 4.82. The van der Waals surface area contributed by atoms with Crippen LogP contribution >= 0.6 is 11.6 Å². The van der Waals surface area contributed by atoms with Crippen molar-refractivity contribution in [2.75, 3.05) is 0 Å². The Balaban J connectivity index is 2.28. The number of halogens is 3. The molecule has 2 aromatic rings. The molecule has 0 spiro atoms. The lowest BCUT2D eigenvalue weighted by molar-refractivity contribution is -0.119. The van der Waals surface area contributed by atoms with E-state index in [9.17, 15) is 22.0 Å². The normalized spacial score (nSPS) is 21.4. The molecule has 3 rings (SSSR count). The van der Waals surface area contributed by atoms with E-state index in [1.165, 1.54) is 24.3 Å². The molecule has 1 aliphatic carbocycles. The fraction of sp³-hybridized carbons (Fsp3) is 0.316. The Morgan fingerprint density at radius 2 is 1.69 bits per heavy atom. The number of rotatable bonds is 3. The number of hydrogen-bond acceptors (Lipinski definition) is 3. The first-order valence-electron chi connectivity index (χ1n) is 8.24. The largest absolute Gasteiger partial charge is 0.300 e. The van der Waals surface area contributed by atoms with E-state index in [1.54, 1.807) is 0 Å². The molecule has 0 aliphatic heterocycles. The number of benzene rings is 2. The highest BCUT2D eigenvalue weighted by atomic mass is 35.5. The summed E-state index contributed by atoms with van der Waals surface area (Å²) in [6.07, 6.45) is 0.847. The van der Waals surface area contributed by atoms with Crippen LogP contribution < -0.4 is 0 Å². The molecule has 138 valence electrons. The van der Waals surface area contributed by atoms with E-state index in [0.29, 0.717) is 17.9 Å². The lowest BCUT2D eigenvalue weighted by Crippen LogP contribution is -2.38. The molecule has 0 bridgehead atoms. The van der Waals surface area contributed by atoms with Crippen molar-refractivity contribution < 1.29 is 22.0 Å². The van der Waals surface area contributed by atoms with Gasteiger partial charge in [0.25, 0.3) is 0 Å². The Morgan fingerprint density at radius 1 is 1.00 bits per heavy atom. The molecule has 1 fully saturated rings. The maximum Gasteiger partial charge on any atom is 0.188 e. The van der Waals surface area contributed by atoms with Gasteiger partial charge in [0.15, 0.2) is 9.84 Å². The van der Waals surface area contributed by atoms with Crippen LogP contribution in [0.3, 0.4) is 0 Å². The molecule has 1 saturated carbocycles. The SMILES string of the molecule is O=C1CCCC[C@@](c2cc(F)ccc2F)(S(=O)(=O)c2ccc(Cl)cc2)C1. The van der Waals surface area contributed by atoms with Gasteiger partial charge in [-0.25, -0.2) is 17.2 Å². The molecule has 0 aromatic heterocycles. The molecular formula is C19H17ClF2O3S. The molecule has 7 heteroatoms. The van der Waals surface area contributed by atoms with Crippen LogP contribution in [0.2, 0.25) is 5.02 Å². The quantitative estimate of drug-likeness (QED) is 0.696. The Morgan fingerprint density at radius 3 is 2.38 bits per heavy atom. The summed E-state index contributed by atoms with van der Waals surface area (Å²) < 4.78 is 53.6. The highest BCUT2D eigenvalue weighted by molar-refractivity contribution is 7.92. The first kappa shape index (κ1) is 19.0. The molecule has 0 amide bonds. The zero-order valence-corrected chi connectivity index (χ0v) is 15.4. The smallest absolute Gasteiger partial charge is 0.188 e. The Kier molecular flexibility index (Phi) is 5.17. The standard InChI is InChI=1S/C19H17ClF2O3S/c20-13-4-7-16(8-5-13)26(24,25)19(10-2-1-3-15(23)12-19)17-11-14(21)6-9-18(17)22/h4-9,11H,1-3,10,12H2/t19-/m1/s1. The van der Waals surface area contributed by atoms with E-state index in [0.717, 1.165) is 18.2 Å². The summed E-state index contributed by atoms with van der Waals surface area (Å²) in [5.41, 5.74) is -0.289. The lowest BCUT2D eigenvalue weighted by Gasteiger charge is -2.33. The molecule has 0 saturated heterocycles. The van der Waals surface area contributed by atoms with Crippen LogP contribution in [0.1, 0.15) is 37.7 Å². The fourth-order valence-corrected chi connectivity index (χ4v) is 5.80. The first-order valence-corrected chi connectivity index (χ1v) is 10.1. The Hall–Kier alpha value is -1.79. The third-order valence-electron chi connectivity index (χ3n) is 4.83. The second-order valence-electron chi connectivity index (χ2n) is 6.50. The van der Waals surface area contributed by atoms with Crippen molar-refractivity contribution in [3.8, 4) is 0 Å². The summed E-state index contributed by atoms with van der Waals surface area (Å²) in [6, 6.07) is 8.21. The molecule has 1 atom stereocenters. The van der Waals surface area contributed by atoms with Crippen molar-refractivity contribution in [1.29, 1.82) is 0 Å². The number of carbonyl (C=O) groups is 1. The molecule has 3 nitrogen and oxygen atoms in total. The highest BCUT2D eigenvalue weighted by Gasteiger charge is 2.49. The fourth-order valence-electron chi connectivity index (χ4n) is 3.52. The molecule has 2 aromatic carbocycles. The van der Waals surface area contributed by atoms with Crippen LogP contribution in [0.4, 0.5) is 8.78 Å². The Labute approximate surface area is 155 Å². The molecule has 0 heterocycles. The van der Waals surface area contributed by atoms with Crippen molar-refractivity contribution in [2.45, 2.75) is 41.7 Å². The lowest BCUT2D eigenvalue weighted by atomic mass is 9.89. The number of Topliss-reactive ketones (excluding diaryl/α,β-unsaturated/α-hetero) is 1. The minimum atomic E-state index is -4.18. The predicted molar refractivity (Wildman–Crippen MR) is 94.8 cm³/mol. The molecule has 0 radical (unpaired) electrons. The van der Waals surface area contributed by atoms with Gasteiger partial charge < -0.3 is 0 Å². The summed E-state index contributed by atoms with van der Waals surface area (Å²) in [7, 11) is -4.18. The monoisotopic (exact) mass is 398 g/mol. The average molecular weight is 399 g/mol. The minimum Gasteiger partial charge on any atom is -0.300 e. The minimum absolute atomic E-state index is 0.0457. The third-order valence-corrected chi connectivity index (χ3v) is 7.57. The van der Waals surface area contributed by atoms with E-state index >= 15 is 0 Å².